The van der Waals surface area contributed by atoms with E-state index in [1.54, 1.807) is 0 Å². The summed E-state index contributed by atoms with van der Waals surface area (Å²) in [4.78, 5) is 14.6. The quantitative estimate of drug-likeness (QED) is 0.722. The van der Waals surface area contributed by atoms with Gasteiger partial charge >= 0.3 is 6.03 Å². The lowest BCUT2D eigenvalue weighted by Crippen LogP contribution is -2.67. The Balaban J connectivity index is 1.42. The molecule has 3 aliphatic rings. The zero-order chi connectivity index (χ0) is 16.8. The van der Waals surface area contributed by atoms with Gasteiger partial charge in [-0.2, -0.15) is 0 Å². The minimum absolute atomic E-state index is 0.0478. The molecule has 1 aliphatic carbocycles. The van der Waals surface area contributed by atoms with Crippen molar-refractivity contribution in [2.75, 3.05) is 46.0 Å². The van der Waals surface area contributed by atoms with Crippen molar-refractivity contribution in [1.82, 2.24) is 15.5 Å². The minimum atomic E-state index is -0.0478. The van der Waals surface area contributed by atoms with Crippen molar-refractivity contribution in [3.05, 3.63) is 12.2 Å². The van der Waals surface area contributed by atoms with E-state index in [1.165, 1.54) is 0 Å². The number of rotatable bonds is 6. The molecule has 136 valence electrons. The van der Waals surface area contributed by atoms with Crippen LogP contribution in [0.25, 0.3) is 0 Å². The van der Waals surface area contributed by atoms with Crippen LogP contribution in [0, 0.1) is 5.41 Å². The van der Waals surface area contributed by atoms with Gasteiger partial charge in [-0.15, -0.1) is 0 Å². The summed E-state index contributed by atoms with van der Waals surface area (Å²) in [5, 5.41) is 6.19. The molecule has 0 radical (unpaired) electrons. The second kappa shape index (κ2) is 8.32. The van der Waals surface area contributed by atoms with Gasteiger partial charge in [0.1, 0.15) is 0 Å². The Labute approximate surface area is 144 Å². The highest BCUT2D eigenvalue weighted by Crippen LogP contribution is 2.50. The predicted molar refractivity (Wildman–Crippen MR) is 93.0 cm³/mol. The van der Waals surface area contributed by atoms with Crippen LogP contribution in [0.3, 0.4) is 0 Å². The van der Waals surface area contributed by atoms with Crippen molar-refractivity contribution in [2.45, 2.75) is 44.8 Å². The molecule has 2 aliphatic heterocycles. The van der Waals surface area contributed by atoms with Crippen molar-refractivity contribution < 1.29 is 14.3 Å². The highest BCUT2D eigenvalue weighted by molar-refractivity contribution is 5.74. The number of amides is 2. The maximum absolute atomic E-state index is 12.3. The molecule has 1 saturated heterocycles. The highest BCUT2D eigenvalue weighted by Gasteiger charge is 2.56. The first-order valence-corrected chi connectivity index (χ1v) is 9.35. The van der Waals surface area contributed by atoms with Crippen LogP contribution < -0.4 is 10.6 Å². The third-order valence-electron chi connectivity index (χ3n) is 5.74. The fourth-order valence-corrected chi connectivity index (χ4v) is 4.24. The molecular weight excluding hydrogens is 306 g/mol. The second-order valence-corrected chi connectivity index (χ2v) is 7.04. The summed E-state index contributed by atoms with van der Waals surface area (Å²) < 4.78 is 11.4. The largest absolute Gasteiger partial charge is 0.381 e. The summed E-state index contributed by atoms with van der Waals surface area (Å²) >= 11 is 0. The third-order valence-corrected chi connectivity index (χ3v) is 5.74. The van der Waals surface area contributed by atoms with Crippen molar-refractivity contribution >= 4 is 6.03 Å². The number of carbonyl (C=O) groups excluding carboxylic acids is 1. The van der Waals surface area contributed by atoms with Gasteiger partial charge in [-0.05, 0) is 32.6 Å². The van der Waals surface area contributed by atoms with E-state index in [9.17, 15) is 4.79 Å². The van der Waals surface area contributed by atoms with E-state index in [2.05, 4.69) is 27.7 Å². The Morgan fingerprint density at radius 2 is 2.21 bits per heavy atom. The lowest BCUT2D eigenvalue weighted by atomic mass is 9.57. The maximum atomic E-state index is 12.3. The molecule has 0 aromatic carbocycles. The van der Waals surface area contributed by atoms with Gasteiger partial charge < -0.3 is 20.1 Å². The van der Waals surface area contributed by atoms with Crippen LogP contribution in [0.1, 0.15) is 32.6 Å². The molecule has 3 rings (SSSR count). The van der Waals surface area contributed by atoms with Gasteiger partial charge in [-0.25, -0.2) is 4.79 Å². The van der Waals surface area contributed by atoms with Crippen LogP contribution in [0.2, 0.25) is 0 Å². The van der Waals surface area contributed by atoms with Crippen LogP contribution in [-0.2, 0) is 9.47 Å². The first-order chi connectivity index (χ1) is 11.7. The number of carbonyl (C=O) groups is 1. The summed E-state index contributed by atoms with van der Waals surface area (Å²) in [6.07, 6.45) is 8.65. The molecule has 24 heavy (non-hydrogen) atoms. The Morgan fingerprint density at radius 3 is 2.92 bits per heavy atom. The number of hydrogen-bond donors (Lipinski definition) is 2. The zero-order valence-corrected chi connectivity index (χ0v) is 14.8. The van der Waals surface area contributed by atoms with E-state index >= 15 is 0 Å². The Morgan fingerprint density at radius 1 is 1.38 bits per heavy atom. The van der Waals surface area contributed by atoms with E-state index in [0.29, 0.717) is 6.54 Å². The smallest absolute Gasteiger partial charge is 0.315 e. The molecule has 2 amide bonds. The van der Waals surface area contributed by atoms with E-state index < -0.39 is 0 Å². The summed E-state index contributed by atoms with van der Waals surface area (Å²) in [5.41, 5.74) is 0.0727. The second-order valence-electron chi connectivity index (χ2n) is 7.04. The van der Waals surface area contributed by atoms with Gasteiger partial charge in [-0.1, -0.05) is 12.2 Å². The molecule has 0 unspecified atom stereocenters. The van der Waals surface area contributed by atoms with E-state index in [-0.39, 0.29) is 23.6 Å². The fraction of sp³-hybridized carbons (Fsp3) is 0.833. The average molecular weight is 337 g/mol. The zero-order valence-electron chi connectivity index (χ0n) is 14.8. The fourth-order valence-electron chi connectivity index (χ4n) is 4.24. The monoisotopic (exact) mass is 337 g/mol. The van der Waals surface area contributed by atoms with Crippen LogP contribution in [-0.4, -0.2) is 69.1 Å². The molecule has 2 fully saturated rings. The normalized spacial score (nSPS) is 29.2. The van der Waals surface area contributed by atoms with E-state index in [4.69, 9.17) is 9.47 Å². The maximum Gasteiger partial charge on any atom is 0.315 e. The molecular formula is C18H31N3O3. The molecule has 0 aromatic rings. The number of nitrogens with zero attached hydrogens (tertiary/aromatic N) is 1. The highest BCUT2D eigenvalue weighted by atomic mass is 16.5. The molecule has 1 spiro atoms. The molecule has 1 saturated carbocycles. The summed E-state index contributed by atoms with van der Waals surface area (Å²) in [7, 11) is 0. The Kier molecular flexibility index (Phi) is 6.14. The topological polar surface area (TPSA) is 62.8 Å². The number of hydrogen-bond acceptors (Lipinski definition) is 4. The standard InChI is InChI=1S/C18H31N3O3/c1-2-24-16-14-15(18(16)6-12-23-13-7-18)20-17(22)19-8-11-21-9-4-3-5-10-21/h3-4,15-16H,2,5-14H2,1H3,(H2,19,20,22)/t15-,16-/m0/s1. The first kappa shape index (κ1) is 17.7. The molecule has 2 heterocycles. The summed E-state index contributed by atoms with van der Waals surface area (Å²) in [6.45, 7) is 7.98. The van der Waals surface area contributed by atoms with Gasteiger partial charge in [0.25, 0.3) is 0 Å². The minimum Gasteiger partial charge on any atom is -0.381 e. The van der Waals surface area contributed by atoms with Crippen LogP contribution in [0.4, 0.5) is 4.79 Å². The number of urea groups is 1. The first-order valence-electron chi connectivity index (χ1n) is 9.35. The van der Waals surface area contributed by atoms with Gasteiger partial charge in [0, 0.05) is 57.5 Å². The SMILES string of the molecule is CCO[C@H]1C[C@H](NC(=O)NCCN2CC=CCC2)C12CCOCC2. The van der Waals surface area contributed by atoms with Gasteiger partial charge in [0.2, 0.25) is 0 Å². The van der Waals surface area contributed by atoms with Crippen LogP contribution in [0.15, 0.2) is 12.2 Å². The Bertz CT molecular complexity index is 449. The molecule has 2 atom stereocenters. The van der Waals surface area contributed by atoms with Gasteiger partial charge in [-0.3, -0.25) is 4.90 Å². The van der Waals surface area contributed by atoms with Crippen molar-refractivity contribution in [3.8, 4) is 0 Å². The van der Waals surface area contributed by atoms with E-state index in [0.717, 1.165) is 65.1 Å². The third kappa shape index (κ3) is 3.92. The summed E-state index contributed by atoms with van der Waals surface area (Å²) in [5.74, 6) is 0. The van der Waals surface area contributed by atoms with Crippen molar-refractivity contribution in [3.63, 3.8) is 0 Å². The van der Waals surface area contributed by atoms with E-state index in [1.807, 2.05) is 6.92 Å². The van der Waals surface area contributed by atoms with Gasteiger partial charge in [0.05, 0.1) is 6.10 Å². The molecule has 6 heteroatoms. The number of nitrogens with one attached hydrogen (secondary N) is 2. The average Bonchev–Trinajstić information content (AvgIpc) is 2.62. The van der Waals surface area contributed by atoms with Gasteiger partial charge in [0.15, 0.2) is 0 Å². The summed E-state index contributed by atoms with van der Waals surface area (Å²) in [6, 6.07) is 0.157. The number of ether oxygens (including phenoxy) is 2. The molecule has 0 aromatic heterocycles. The molecule has 6 nitrogen and oxygen atoms in total. The van der Waals surface area contributed by atoms with Crippen LogP contribution >= 0.6 is 0 Å². The Hall–Kier alpha value is -1.11. The molecule has 0 bridgehead atoms. The van der Waals surface area contributed by atoms with Crippen molar-refractivity contribution in [2.24, 2.45) is 5.41 Å². The van der Waals surface area contributed by atoms with Crippen LogP contribution in [0.5, 0.6) is 0 Å². The molecule has 2 N–H and O–H groups in total. The predicted octanol–water partition coefficient (Wildman–Crippen LogP) is 1.52. The lowest BCUT2D eigenvalue weighted by Gasteiger charge is -2.57. The van der Waals surface area contributed by atoms with Crippen molar-refractivity contribution in [1.29, 1.82) is 0 Å². The lowest BCUT2D eigenvalue weighted by molar-refractivity contribution is -0.169.